The molecule has 1 aromatic carbocycles. The molecule has 0 atom stereocenters. The Balaban J connectivity index is 1.85. The fourth-order valence-electron chi connectivity index (χ4n) is 2.66. The highest BCUT2D eigenvalue weighted by Gasteiger charge is 2.21. The topological polar surface area (TPSA) is 80.9 Å². The van der Waals surface area contributed by atoms with Crippen LogP contribution >= 0.6 is 11.3 Å². The largest absolute Gasteiger partial charge is 0.335 e. The predicted octanol–water partition coefficient (Wildman–Crippen LogP) is 4.35. The Morgan fingerprint density at radius 1 is 1.23 bits per heavy atom. The van der Waals surface area contributed by atoms with E-state index in [9.17, 15) is 9.18 Å². The van der Waals surface area contributed by atoms with Crippen LogP contribution in [0.15, 0.2) is 40.2 Å². The summed E-state index contributed by atoms with van der Waals surface area (Å²) in [5, 5.41) is 9.46. The van der Waals surface area contributed by atoms with Crippen LogP contribution in [0.25, 0.3) is 22.4 Å². The monoisotopic (exact) mass is 368 g/mol. The van der Waals surface area contributed by atoms with E-state index in [1.165, 1.54) is 17.4 Å². The van der Waals surface area contributed by atoms with Gasteiger partial charge in [-0.1, -0.05) is 17.3 Å². The molecule has 0 unspecified atom stereocenters. The Morgan fingerprint density at radius 3 is 2.77 bits per heavy atom. The second kappa shape index (κ2) is 6.30. The summed E-state index contributed by atoms with van der Waals surface area (Å²) in [6.45, 7) is 3.57. The number of benzene rings is 1. The van der Waals surface area contributed by atoms with Crippen molar-refractivity contribution in [3.8, 4) is 11.3 Å². The molecule has 0 radical (unpaired) electrons. The van der Waals surface area contributed by atoms with Crippen molar-refractivity contribution in [1.29, 1.82) is 0 Å². The van der Waals surface area contributed by atoms with Crippen LogP contribution in [0.3, 0.4) is 0 Å². The second-order valence-corrected chi connectivity index (χ2v) is 6.59. The van der Waals surface area contributed by atoms with Gasteiger partial charge in [0, 0.05) is 10.9 Å². The summed E-state index contributed by atoms with van der Waals surface area (Å²) in [5.74, 6) is -0.812. The minimum Gasteiger partial charge on any atom is -0.335 e. The van der Waals surface area contributed by atoms with Gasteiger partial charge in [-0.05, 0) is 32.0 Å². The first kappa shape index (κ1) is 16.3. The van der Waals surface area contributed by atoms with E-state index in [1.54, 1.807) is 31.2 Å². The number of aromatic nitrogens is 3. The van der Waals surface area contributed by atoms with Gasteiger partial charge in [0.2, 0.25) is 0 Å². The first-order chi connectivity index (χ1) is 12.5. The quantitative estimate of drug-likeness (QED) is 0.581. The van der Waals surface area contributed by atoms with Gasteiger partial charge < -0.3 is 4.52 Å². The van der Waals surface area contributed by atoms with Crippen LogP contribution in [0, 0.1) is 19.7 Å². The van der Waals surface area contributed by atoms with Crippen molar-refractivity contribution in [3.63, 3.8) is 0 Å². The summed E-state index contributed by atoms with van der Waals surface area (Å²) in [6, 6.07) is 7.77. The molecule has 8 heteroatoms. The SMILES string of the molecule is Cc1csc(NC(=O)c2cc(-c3ccccc3F)nc3onc(C)c23)n1. The number of hydrogen-bond acceptors (Lipinski definition) is 6. The minimum atomic E-state index is -0.433. The molecule has 0 aliphatic rings. The third-order valence-electron chi connectivity index (χ3n) is 3.85. The van der Waals surface area contributed by atoms with Crippen molar-refractivity contribution in [1.82, 2.24) is 15.1 Å². The fraction of sp³-hybridized carbons (Fsp3) is 0.111. The number of aryl methyl sites for hydroxylation is 2. The molecule has 1 N–H and O–H groups in total. The van der Waals surface area contributed by atoms with E-state index in [1.807, 2.05) is 12.3 Å². The number of rotatable bonds is 3. The van der Waals surface area contributed by atoms with E-state index in [-0.39, 0.29) is 17.2 Å². The van der Waals surface area contributed by atoms with Gasteiger partial charge in [-0.25, -0.2) is 14.4 Å². The van der Waals surface area contributed by atoms with Crippen molar-refractivity contribution in [2.45, 2.75) is 13.8 Å². The van der Waals surface area contributed by atoms with Gasteiger partial charge in [0.25, 0.3) is 11.6 Å². The summed E-state index contributed by atoms with van der Waals surface area (Å²) in [5.41, 5.74) is 2.42. The molecule has 26 heavy (non-hydrogen) atoms. The van der Waals surface area contributed by atoms with Crippen LogP contribution in [-0.2, 0) is 0 Å². The smallest absolute Gasteiger partial charge is 0.259 e. The highest BCUT2D eigenvalue weighted by atomic mass is 32.1. The number of nitrogens with one attached hydrogen (secondary N) is 1. The molecule has 0 bridgehead atoms. The minimum absolute atomic E-state index is 0.184. The maximum absolute atomic E-state index is 14.2. The summed E-state index contributed by atoms with van der Waals surface area (Å²) >= 11 is 1.33. The molecule has 0 saturated carbocycles. The number of amides is 1. The van der Waals surface area contributed by atoms with E-state index in [2.05, 4.69) is 20.4 Å². The number of carbonyl (C=O) groups is 1. The first-order valence-electron chi connectivity index (χ1n) is 7.78. The first-order valence-corrected chi connectivity index (χ1v) is 8.66. The van der Waals surface area contributed by atoms with Crippen LogP contribution in [0.5, 0.6) is 0 Å². The lowest BCUT2D eigenvalue weighted by Crippen LogP contribution is -2.13. The number of halogens is 1. The molecule has 3 aromatic heterocycles. The zero-order valence-electron chi connectivity index (χ0n) is 13.9. The molecule has 6 nitrogen and oxygen atoms in total. The van der Waals surface area contributed by atoms with E-state index in [4.69, 9.17) is 4.52 Å². The van der Waals surface area contributed by atoms with Crippen LogP contribution in [0.1, 0.15) is 21.7 Å². The Morgan fingerprint density at radius 2 is 2.04 bits per heavy atom. The molecule has 0 spiro atoms. The Labute approximate surface area is 151 Å². The Hall–Kier alpha value is -3.13. The molecule has 130 valence electrons. The predicted molar refractivity (Wildman–Crippen MR) is 96.7 cm³/mol. The second-order valence-electron chi connectivity index (χ2n) is 5.73. The lowest BCUT2D eigenvalue weighted by molar-refractivity contribution is 0.102. The highest BCUT2D eigenvalue weighted by molar-refractivity contribution is 7.13. The summed E-state index contributed by atoms with van der Waals surface area (Å²) in [6.07, 6.45) is 0. The van der Waals surface area contributed by atoms with E-state index >= 15 is 0 Å². The van der Waals surface area contributed by atoms with Crippen molar-refractivity contribution >= 4 is 33.5 Å². The fourth-order valence-corrected chi connectivity index (χ4v) is 3.34. The summed E-state index contributed by atoms with van der Waals surface area (Å²) < 4.78 is 19.4. The number of anilines is 1. The van der Waals surface area contributed by atoms with Crippen molar-refractivity contribution in [3.05, 3.63) is 58.5 Å². The van der Waals surface area contributed by atoms with Crippen LogP contribution < -0.4 is 5.32 Å². The molecule has 3 heterocycles. The molecule has 0 aliphatic carbocycles. The van der Waals surface area contributed by atoms with Crippen molar-refractivity contribution in [2.24, 2.45) is 0 Å². The standard InChI is InChI=1S/C18H13FN4O2S/c1-9-8-26-18(20-9)22-16(24)12-7-14(11-5-3-4-6-13(11)19)21-17-15(12)10(2)23-25-17/h3-8H,1-2H3,(H,20,22,24). The maximum Gasteiger partial charge on any atom is 0.259 e. The Kier molecular flexibility index (Phi) is 3.96. The average Bonchev–Trinajstić information content (AvgIpc) is 3.20. The lowest BCUT2D eigenvalue weighted by atomic mass is 10.0. The van der Waals surface area contributed by atoms with Gasteiger partial charge in [0.05, 0.1) is 28.0 Å². The molecular formula is C18H13FN4O2S. The van der Waals surface area contributed by atoms with Crippen molar-refractivity contribution < 1.29 is 13.7 Å². The van der Waals surface area contributed by atoms with E-state index in [0.717, 1.165) is 5.69 Å². The van der Waals surface area contributed by atoms with Gasteiger partial charge in [0.1, 0.15) is 5.82 Å². The Bertz CT molecular complexity index is 1140. The normalized spacial score (nSPS) is 11.0. The lowest BCUT2D eigenvalue weighted by Gasteiger charge is -2.07. The van der Waals surface area contributed by atoms with Gasteiger partial charge in [-0.3, -0.25) is 10.1 Å². The highest BCUT2D eigenvalue weighted by Crippen LogP contribution is 2.29. The molecule has 4 rings (SSSR count). The van der Waals surface area contributed by atoms with Gasteiger partial charge >= 0.3 is 0 Å². The van der Waals surface area contributed by atoms with Crippen molar-refractivity contribution in [2.75, 3.05) is 5.32 Å². The third-order valence-corrected chi connectivity index (χ3v) is 4.73. The van der Waals surface area contributed by atoms with E-state index < -0.39 is 5.82 Å². The van der Waals surface area contributed by atoms with Crippen LogP contribution in [-0.4, -0.2) is 21.0 Å². The van der Waals surface area contributed by atoms with Gasteiger partial charge in [0.15, 0.2) is 5.13 Å². The van der Waals surface area contributed by atoms with Gasteiger partial charge in [-0.15, -0.1) is 11.3 Å². The molecule has 0 fully saturated rings. The number of carbonyl (C=O) groups excluding carboxylic acids is 1. The molecule has 0 saturated heterocycles. The molecular weight excluding hydrogens is 355 g/mol. The molecule has 0 aliphatic heterocycles. The summed E-state index contributed by atoms with van der Waals surface area (Å²) in [7, 11) is 0. The maximum atomic E-state index is 14.2. The number of nitrogens with zero attached hydrogens (tertiary/aromatic N) is 3. The van der Waals surface area contributed by atoms with E-state index in [0.29, 0.717) is 27.5 Å². The third kappa shape index (κ3) is 2.84. The average molecular weight is 368 g/mol. The number of thiazole rings is 1. The molecule has 1 amide bonds. The number of hydrogen-bond donors (Lipinski definition) is 1. The zero-order valence-corrected chi connectivity index (χ0v) is 14.7. The number of pyridine rings is 1. The summed E-state index contributed by atoms with van der Waals surface area (Å²) in [4.78, 5) is 21.4. The van der Waals surface area contributed by atoms with Gasteiger partial charge in [-0.2, -0.15) is 0 Å². The number of fused-ring (bicyclic) bond motifs is 1. The zero-order chi connectivity index (χ0) is 18.3. The van der Waals surface area contributed by atoms with Crippen LogP contribution in [0.2, 0.25) is 0 Å². The molecule has 4 aromatic rings. The van der Waals surface area contributed by atoms with Crippen LogP contribution in [0.4, 0.5) is 9.52 Å².